The van der Waals surface area contributed by atoms with Crippen molar-refractivity contribution in [3.8, 4) is 0 Å². The Labute approximate surface area is 134 Å². The van der Waals surface area contributed by atoms with Crippen LogP contribution >= 0.6 is 0 Å². The minimum atomic E-state index is -0.785. The zero-order chi connectivity index (χ0) is 17.3. The first kappa shape index (κ1) is 15.4. The van der Waals surface area contributed by atoms with Crippen molar-refractivity contribution in [2.75, 3.05) is 14.2 Å². The molecule has 3 rings (SSSR count). The second-order valence-electron chi connectivity index (χ2n) is 4.74. The van der Waals surface area contributed by atoms with Crippen molar-refractivity contribution < 1.29 is 19.1 Å². The number of nitrogens with zero attached hydrogens (tertiary/aromatic N) is 3. The molecule has 0 spiro atoms. The van der Waals surface area contributed by atoms with Gasteiger partial charge in [-0.3, -0.25) is 4.79 Å². The number of ether oxygens (including phenoxy) is 2. The highest BCUT2D eigenvalue weighted by molar-refractivity contribution is 5.98. The number of nitrogens with one attached hydrogen (secondary N) is 1. The van der Waals surface area contributed by atoms with Crippen molar-refractivity contribution in [2.24, 2.45) is 0 Å². The largest absolute Gasteiger partial charge is 0.466 e. The maximum Gasteiger partial charge on any atom is 0.343 e. The lowest BCUT2D eigenvalue weighted by molar-refractivity contribution is -0.134. The first-order valence-electron chi connectivity index (χ1n) is 6.78. The lowest BCUT2D eigenvalue weighted by Crippen LogP contribution is -2.21. The third-order valence-electron chi connectivity index (χ3n) is 3.42. The Hall–Kier alpha value is -3.49. The number of H-pyrrole nitrogens is 1. The highest BCUT2D eigenvalue weighted by Crippen LogP contribution is 2.18. The van der Waals surface area contributed by atoms with Crippen LogP contribution in [-0.4, -0.2) is 45.5 Å². The average Bonchev–Trinajstić information content (AvgIpc) is 3.08. The summed E-state index contributed by atoms with van der Waals surface area (Å²) >= 11 is 0. The monoisotopic (exact) mass is 328 g/mol. The van der Waals surface area contributed by atoms with Gasteiger partial charge >= 0.3 is 11.9 Å². The molecule has 0 saturated heterocycles. The molecule has 3 aromatic heterocycles. The predicted octanol–water partition coefficient (Wildman–Crippen LogP) is 0.544. The van der Waals surface area contributed by atoms with Crippen LogP contribution in [0.4, 0.5) is 0 Å². The standard InChI is InChI=1S/C15H12N4O5/c1-23-10(20)4-3-8-12-11-14(17-6-16-11)18-7-19(12)5-9(13(8)21)15(22)24-2/h3-7H,1-2H3,(H,16,17)/b4-3+. The van der Waals surface area contributed by atoms with E-state index < -0.39 is 17.4 Å². The van der Waals surface area contributed by atoms with Gasteiger partial charge in [0.05, 0.1) is 26.1 Å². The molecule has 0 aliphatic carbocycles. The number of pyridine rings is 1. The zero-order valence-electron chi connectivity index (χ0n) is 12.8. The highest BCUT2D eigenvalue weighted by atomic mass is 16.5. The quantitative estimate of drug-likeness (QED) is 0.551. The molecule has 0 aliphatic heterocycles. The molecule has 0 radical (unpaired) electrons. The molecule has 0 unspecified atom stereocenters. The summed E-state index contributed by atoms with van der Waals surface area (Å²) < 4.78 is 10.7. The van der Waals surface area contributed by atoms with Gasteiger partial charge in [-0.05, 0) is 6.08 Å². The van der Waals surface area contributed by atoms with E-state index >= 15 is 0 Å². The second kappa shape index (κ2) is 5.95. The van der Waals surface area contributed by atoms with Gasteiger partial charge in [-0.15, -0.1) is 0 Å². The van der Waals surface area contributed by atoms with Gasteiger partial charge in [-0.25, -0.2) is 19.6 Å². The molecule has 3 heterocycles. The van der Waals surface area contributed by atoms with Crippen LogP contribution in [0.2, 0.25) is 0 Å². The maximum atomic E-state index is 12.7. The first-order chi connectivity index (χ1) is 11.6. The molecule has 0 bridgehead atoms. The molecular formula is C15H12N4O5. The van der Waals surface area contributed by atoms with E-state index in [-0.39, 0.29) is 11.1 Å². The number of carbonyl (C=O) groups excluding carboxylic acids is 2. The summed E-state index contributed by atoms with van der Waals surface area (Å²) in [6, 6.07) is 0. The van der Waals surface area contributed by atoms with Crippen molar-refractivity contribution in [3.63, 3.8) is 0 Å². The van der Waals surface area contributed by atoms with Crippen LogP contribution in [0.3, 0.4) is 0 Å². The van der Waals surface area contributed by atoms with Crippen molar-refractivity contribution in [2.45, 2.75) is 0 Å². The number of esters is 2. The first-order valence-corrected chi connectivity index (χ1v) is 6.78. The number of carbonyl (C=O) groups is 2. The summed E-state index contributed by atoms with van der Waals surface area (Å²) in [5, 5.41) is 0. The smallest absolute Gasteiger partial charge is 0.343 e. The molecule has 0 aliphatic rings. The van der Waals surface area contributed by atoms with E-state index in [2.05, 4.69) is 24.4 Å². The van der Waals surface area contributed by atoms with Crippen LogP contribution in [0, 0.1) is 0 Å². The number of aromatic amines is 1. The van der Waals surface area contributed by atoms with Gasteiger partial charge < -0.3 is 18.9 Å². The lowest BCUT2D eigenvalue weighted by Gasteiger charge is -2.08. The van der Waals surface area contributed by atoms with Crippen LogP contribution < -0.4 is 5.43 Å². The molecule has 9 nitrogen and oxygen atoms in total. The fourth-order valence-corrected chi connectivity index (χ4v) is 2.31. The number of imidazole rings is 1. The van der Waals surface area contributed by atoms with Crippen molar-refractivity contribution in [3.05, 3.63) is 46.3 Å². The number of aromatic nitrogens is 4. The maximum absolute atomic E-state index is 12.7. The average molecular weight is 328 g/mol. The molecule has 0 atom stereocenters. The topological polar surface area (TPSA) is 116 Å². The highest BCUT2D eigenvalue weighted by Gasteiger charge is 2.18. The molecule has 1 N–H and O–H groups in total. The minimum Gasteiger partial charge on any atom is -0.466 e. The molecule has 0 amide bonds. The summed E-state index contributed by atoms with van der Waals surface area (Å²) in [5.41, 5.74) is 0.669. The normalized spacial score (nSPS) is 11.2. The SMILES string of the molecule is COC(=O)/C=C/c1c(=O)c(C(=O)OC)cn2cnc3nc[nH]c3c12. The molecular weight excluding hydrogens is 316 g/mol. The van der Waals surface area contributed by atoms with Crippen LogP contribution in [-0.2, 0) is 14.3 Å². The Morgan fingerprint density at radius 2 is 2.04 bits per heavy atom. The summed E-state index contributed by atoms with van der Waals surface area (Å²) in [6.07, 6.45) is 6.56. The Bertz CT molecular complexity index is 1050. The number of methoxy groups -OCH3 is 2. The van der Waals surface area contributed by atoms with Gasteiger partial charge in [-0.1, -0.05) is 0 Å². The third kappa shape index (κ3) is 2.41. The Morgan fingerprint density at radius 3 is 2.75 bits per heavy atom. The van der Waals surface area contributed by atoms with E-state index in [0.29, 0.717) is 16.7 Å². The Kier molecular flexibility index (Phi) is 3.82. The molecule has 0 saturated carbocycles. The van der Waals surface area contributed by atoms with Crippen molar-refractivity contribution in [1.82, 2.24) is 19.4 Å². The summed E-state index contributed by atoms with van der Waals surface area (Å²) in [5.74, 6) is -1.42. The molecule has 0 fully saturated rings. The van der Waals surface area contributed by atoms with Crippen molar-refractivity contribution >= 4 is 34.7 Å². The summed E-state index contributed by atoms with van der Waals surface area (Å²) in [6.45, 7) is 0. The molecule has 24 heavy (non-hydrogen) atoms. The molecule has 122 valence electrons. The number of hydrogen-bond acceptors (Lipinski definition) is 7. The fraction of sp³-hybridized carbons (Fsp3) is 0.133. The zero-order valence-corrected chi connectivity index (χ0v) is 12.8. The summed E-state index contributed by atoms with van der Waals surface area (Å²) in [4.78, 5) is 47.0. The van der Waals surface area contributed by atoms with Crippen molar-refractivity contribution in [1.29, 1.82) is 0 Å². The van der Waals surface area contributed by atoms with Gasteiger partial charge in [0.2, 0.25) is 5.43 Å². The number of hydrogen-bond donors (Lipinski definition) is 1. The Morgan fingerprint density at radius 1 is 1.25 bits per heavy atom. The van der Waals surface area contributed by atoms with E-state index in [9.17, 15) is 14.4 Å². The van der Waals surface area contributed by atoms with Gasteiger partial charge in [0.15, 0.2) is 5.65 Å². The Balaban J connectivity index is 2.42. The van der Waals surface area contributed by atoms with E-state index in [1.807, 2.05) is 0 Å². The van der Waals surface area contributed by atoms with Gasteiger partial charge in [0.1, 0.15) is 17.4 Å². The molecule has 9 heteroatoms. The summed E-state index contributed by atoms with van der Waals surface area (Å²) in [7, 11) is 2.40. The molecule has 0 aromatic carbocycles. The fourth-order valence-electron chi connectivity index (χ4n) is 2.31. The van der Waals surface area contributed by atoms with Gasteiger partial charge in [0, 0.05) is 17.8 Å². The predicted molar refractivity (Wildman–Crippen MR) is 83.5 cm³/mol. The second-order valence-corrected chi connectivity index (χ2v) is 4.74. The van der Waals surface area contributed by atoms with Crippen LogP contribution in [0.5, 0.6) is 0 Å². The van der Waals surface area contributed by atoms with E-state index in [1.165, 1.54) is 43.5 Å². The van der Waals surface area contributed by atoms with Gasteiger partial charge in [-0.2, -0.15) is 0 Å². The lowest BCUT2D eigenvalue weighted by atomic mass is 10.1. The van der Waals surface area contributed by atoms with E-state index in [1.54, 1.807) is 0 Å². The van der Waals surface area contributed by atoms with E-state index in [4.69, 9.17) is 0 Å². The van der Waals surface area contributed by atoms with Crippen LogP contribution in [0.1, 0.15) is 15.9 Å². The van der Waals surface area contributed by atoms with Crippen LogP contribution in [0.25, 0.3) is 22.8 Å². The number of fused-ring (bicyclic) bond motifs is 3. The van der Waals surface area contributed by atoms with E-state index in [0.717, 1.165) is 6.08 Å². The van der Waals surface area contributed by atoms with Crippen LogP contribution in [0.15, 0.2) is 29.7 Å². The molecule has 3 aromatic rings. The number of rotatable bonds is 3. The minimum absolute atomic E-state index is 0.111. The van der Waals surface area contributed by atoms with Gasteiger partial charge in [0.25, 0.3) is 0 Å². The third-order valence-corrected chi connectivity index (χ3v) is 3.42.